The number of carbonyl (C=O) groups excluding carboxylic acids is 1. The van der Waals surface area contributed by atoms with Gasteiger partial charge in [0, 0.05) is 36.7 Å². The number of carbonyl (C=O) groups is 1. The topological polar surface area (TPSA) is 92.7 Å². The maximum Gasteiger partial charge on any atom is 0.295 e. The summed E-state index contributed by atoms with van der Waals surface area (Å²) in [5.74, 6) is -0.784. The van der Waals surface area contributed by atoms with Gasteiger partial charge in [-0.15, -0.1) is 0 Å². The molecule has 27 heavy (non-hydrogen) atoms. The Hall–Kier alpha value is -2.74. The van der Waals surface area contributed by atoms with Crippen LogP contribution in [0.4, 0.5) is 15.8 Å². The lowest BCUT2D eigenvalue weighted by Crippen LogP contribution is -2.46. The molecular formula is C19H23FN4O3. The average Bonchev–Trinajstić information content (AvgIpc) is 2.68. The van der Waals surface area contributed by atoms with Gasteiger partial charge in [0.1, 0.15) is 5.82 Å². The fourth-order valence-corrected chi connectivity index (χ4v) is 3.41. The van der Waals surface area contributed by atoms with E-state index in [4.69, 9.17) is 5.73 Å². The molecule has 1 atom stereocenters. The molecule has 7 nitrogen and oxygen atoms in total. The van der Waals surface area contributed by atoms with E-state index in [2.05, 4.69) is 4.90 Å². The molecule has 2 aliphatic rings. The van der Waals surface area contributed by atoms with Gasteiger partial charge in [-0.05, 0) is 43.5 Å². The van der Waals surface area contributed by atoms with Gasteiger partial charge < -0.3 is 9.80 Å². The Labute approximate surface area is 157 Å². The Morgan fingerprint density at radius 1 is 1.33 bits per heavy atom. The van der Waals surface area contributed by atoms with Crippen LogP contribution in [0.25, 0.3) is 0 Å². The number of benzene rings is 1. The van der Waals surface area contributed by atoms with Crippen molar-refractivity contribution in [1.82, 2.24) is 0 Å². The molecule has 1 aliphatic heterocycles. The Morgan fingerprint density at radius 2 is 2.04 bits per heavy atom. The molecule has 8 heteroatoms. The Kier molecular flexibility index (Phi) is 5.27. The Morgan fingerprint density at radius 3 is 2.63 bits per heavy atom. The van der Waals surface area contributed by atoms with Crippen LogP contribution in [0.5, 0.6) is 0 Å². The van der Waals surface area contributed by atoms with Crippen molar-refractivity contribution in [2.45, 2.75) is 31.3 Å². The minimum absolute atomic E-state index is 0.0758. The molecule has 1 aliphatic carbocycles. The largest absolute Gasteiger partial charge is 0.370 e. The first-order chi connectivity index (χ1) is 12.8. The summed E-state index contributed by atoms with van der Waals surface area (Å²) in [4.78, 5) is 26.9. The second kappa shape index (κ2) is 7.48. The van der Waals surface area contributed by atoms with Crippen molar-refractivity contribution >= 4 is 17.3 Å². The Balaban J connectivity index is 1.85. The first-order valence-electron chi connectivity index (χ1n) is 8.97. The number of nitrogens with zero attached hydrogens (tertiary/aromatic N) is 3. The highest BCUT2D eigenvalue weighted by molar-refractivity contribution is 6.08. The van der Waals surface area contributed by atoms with Crippen LogP contribution in [0.2, 0.25) is 0 Å². The third kappa shape index (κ3) is 3.85. The van der Waals surface area contributed by atoms with Gasteiger partial charge in [0.2, 0.25) is 0 Å². The first kappa shape index (κ1) is 19.0. The molecule has 1 unspecified atom stereocenters. The number of nitrogens with two attached hydrogens (primary N) is 1. The zero-order valence-corrected chi connectivity index (χ0v) is 15.2. The molecule has 0 spiro atoms. The summed E-state index contributed by atoms with van der Waals surface area (Å²) in [5.41, 5.74) is 5.58. The lowest BCUT2D eigenvalue weighted by atomic mass is 9.97. The number of likely N-dealkylation sites (N-methyl/N-ethyl adjacent to an activating group) is 1. The van der Waals surface area contributed by atoms with Crippen LogP contribution in [0.3, 0.4) is 0 Å². The van der Waals surface area contributed by atoms with Gasteiger partial charge in [-0.2, -0.15) is 0 Å². The lowest BCUT2D eigenvalue weighted by Gasteiger charge is -2.33. The van der Waals surface area contributed by atoms with Crippen LogP contribution in [0.15, 0.2) is 42.0 Å². The predicted octanol–water partition coefficient (Wildman–Crippen LogP) is 2.60. The highest BCUT2D eigenvalue weighted by atomic mass is 19.1. The van der Waals surface area contributed by atoms with E-state index in [1.807, 2.05) is 0 Å². The average molecular weight is 374 g/mol. The van der Waals surface area contributed by atoms with Crippen molar-refractivity contribution in [3.63, 3.8) is 0 Å². The number of anilines is 2. The number of rotatable bonds is 4. The standard InChI is InChI=1S/C19H23FN4O3/c1-22(18(25)14-7-9-19(21,10-8-14)24(26)27)17-13-15(20)5-6-16(17)23-11-3-2-4-12-23/h5-9,13H,2-4,10-12,21H2,1H3. The van der Waals surface area contributed by atoms with Gasteiger partial charge in [0.25, 0.3) is 11.6 Å². The van der Waals surface area contributed by atoms with Crippen molar-refractivity contribution in [1.29, 1.82) is 0 Å². The van der Waals surface area contributed by atoms with Crippen molar-refractivity contribution in [2.24, 2.45) is 5.73 Å². The SMILES string of the molecule is CN(C(=O)C1=CCC(N)([N+](=O)[O-])C=C1)c1cc(F)ccc1N1CCCCC1. The predicted molar refractivity (Wildman–Crippen MR) is 102 cm³/mol. The zero-order chi connectivity index (χ0) is 19.6. The minimum atomic E-state index is -1.69. The fraction of sp³-hybridized carbons (Fsp3) is 0.421. The van der Waals surface area contributed by atoms with Crippen LogP contribution in [0.1, 0.15) is 25.7 Å². The summed E-state index contributed by atoms with van der Waals surface area (Å²) >= 11 is 0. The summed E-state index contributed by atoms with van der Waals surface area (Å²) in [6, 6.07) is 4.44. The molecule has 3 rings (SSSR count). The highest BCUT2D eigenvalue weighted by Gasteiger charge is 2.37. The van der Waals surface area contributed by atoms with E-state index in [9.17, 15) is 19.3 Å². The number of hydrogen-bond acceptors (Lipinski definition) is 5. The molecule has 0 saturated carbocycles. The van der Waals surface area contributed by atoms with E-state index in [1.165, 1.54) is 35.3 Å². The maximum atomic E-state index is 13.9. The fourth-order valence-electron chi connectivity index (χ4n) is 3.41. The van der Waals surface area contributed by atoms with Crippen LogP contribution < -0.4 is 15.5 Å². The third-order valence-corrected chi connectivity index (χ3v) is 5.09. The summed E-state index contributed by atoms with van der Waals surface area (Å²) in [6.45, 7) is 1.73. The van der Waals surface area contributed by atoms with E-state index >= 15 is 0 Å². The second-order valence-corrected chi connectivity index (χ2v) is 6.99. The van der Waals surface area contributed by atoms with Gasteiger partial charge in [-0.25, -0.2) is 4.39 Å². The second-order valence-electron chi connectivity index (χ2n) is 6.99. The molecule has 0 radical (unpaired) electrons. The van der Waals surface area contributed by atoms with Crippen molar-refractivity contribution in [3.05, 3.63) is 57.9 Å². The summed E-state index contributed by atoms with van der Waals surface area (Å²) < 4.78 is 13.9. The maximum absolute atomic E-state index is 13.9. The van der Waals surface area contributed by atoms with Gasteiger partial charge in [0.05, 0.1) is 17.8 Å². The van der Waals surface area contributed by atoms with Crippen LogP contribution >= 0.6 is 0 Å². The molecule has 1 heterocycles. The van der Waals surface area contributed by atoms with E-state index < -0.39 is 16.4 Å². The smallest absolute Gasteiger partial charge is 0.295 e. The molecular weight excluding hydrogens is 351 g/mol. The Bertz CT molecular complexity index is 817. The molecule has 1 aromatic rings. The van der Waals surface area contributed by atoms with Crippen LogP contribution in [-0.4, -0.2) is 36.6 Å². The zero-order valence-electron chi connectivity index (χ0n) is 15.2. The van der Waals surface area contributed by atoms with Gasteiger partial charge in [-0.3, -0.25) is 20.6 Å². The monoisotopic (exact) mass is 374 g/mol. The molecule has 144 valence electrons. The molecule has 1 saturated heterocycles. The van der Waals surface area contributed by atoms with E-state index in [0.717, 1.165) is 38.0 Å². The van der Waals surface area contributed by atoms with Gasteiger partial charge in [0.15, 0.2) is 0 Å². The molecule has 0 aromatic heterocycles. The highest BCUT2D eigenvalue weighted by Crippen LogP contribution is 2.33. The number of halogens is 1. The summed E-state index contributed by atoms with van der Waals surface area (Å²) in [5, 5.41) is 11.0. The lowest BCUT2D eigenvalue weighted by molar-refractivity contribution is -0.553. The first-order valence-corrected chi connectivity index (χ1v) is 8.97. The van der Waals surface area contributed by atoms with Crippen molar-refractivity contribution in [3.8, 4) is 0 Å². The summed E-state index contributed by atoms with van der Waals surface area (Å²) in [6.07, 6.45) is 7.26. The number of piperidine rings is 1. The number of nitro groups is 1. The molecule has 1 aromatic carbocycles. The summed E-state index contributed by atoms with van der Waals surface area (Å²) in [7, 11) is 1.58. The van der Waals surface area contributed by atoms with Gasteiger partial charge >= 0.3 is 0 Å². The van der Waals surface area contributed by atoms with Gasteiger partial charge in [-0.1, -0.05) is 6.08 Å². The quantitative estimate of drug-likeness (QED) is 0.497. The minimum Gasteiger partial charge on any atom is -0.370 e. The van der Waals surface area contributed by atoms with E-state index in [0.29, 0.717) is 11.3 Å². The van der Waals surface area contributed by atoms with E-state index in [-0.39, 0.29) is 12.3 Å². The third-order valence-electron chi connectivity index (χ3n) is 5.09. The molecule has 2 N–H and O–H groups in total. The van der Waals surface area contributed by atoms with Crippen LogP contribution in [0, 0.1) is 15.9 Å². The normalized spacial score (nSPS) is 22.3. The molecule has 0 bridgehead atoms. The van der Waals surface area contributed by atoms with E-state index in [1.54, 1.807) is 13.1 Å². The number of amides is 1. The molecule has 1 amide bonds. The number of hydrogen-bond donors (Lipinski definition) is 1. The van der Waals surface area contributed by atoms with Crippen LogP contribution in [-0.2, 0) is 4.79 Å². The van der Waals surface area contributed by atoms with Crippen molar-refractivity contribution in [2.75, 3.05) is 29.9 Å². The molecule has 1 fully saturated rings. The van der Waals surface area contributed by atoms with Crippen molar-refractivity contribution < 1.29 is 14.1 Å².